The van der Waals surface area contributed by atoms with Crippen molar-refractivity contribution in [2.45, 2.75) is 13.3 Å². The van der Waals surface area contributed by atoms with E-state index in [1.165, 1.54) is 6.07 Å². The third kappa shape index (κ3) is 5.48. The summed E-state index contributed by atoms with van der Waals surface area (Å²) < 4.78 is 18.5. The van der Waals surface area contributed by atoms with Crippen LogP contribution in [-0.2, 0) is 11.2 Å². The Bertz CT molecular complexity index is 346. The van der Waals surface area contributed by atoms with Crippen LogP contribution in [0, 0.1) is 11.7 Å². The van der Waals surface area contributed by atoms with Crippen LogP contribution in [0.3, 0.4) is 0 Å². The van der Waals surface area contributed by atoms with E-state index in [-0.39, 0.29) is 5.82 Å². The number of methoxy groups -OCH3 is 1. The van der Waals surface area contributed by atoms with Crippen molar-refractivity contribution in [3.05, 3.63) is 34.6 Å². The van der Waals surface area contributed by atoms with Crippen molar-refractivity contribution in [3.8, 4) is 0 Å². The Hall–Kier alpha value is -0.640. The number of halogens is 2. The second kappa shape index (κ2) is 7.64. The highest BCUT2D eigenvalue weighted by Crippen LogP contribution is 2.17. The Morgan fingerprint density at radius 1 is 1.47 bits per heavy atom. The number of hydrogen-bond donors (Lipinski definition) is 1. The summed E-state index contributed by atoms with van der Waals surface area (Å²) in [5.41, 5.74) is 0.718. The zero-order valence-electron chi connectivity index (χ0n) is 10.3. The Morgan fingerprint density at radius 2 is 2.24 bits per heavy atom. The first kappa shape index (κ1) is 14.4. The second-order valence-electron chi connectivity index (χ2n) is 4.24. The summed E-state index contributed by atoms with van der Waals surface area (Å²) in [6.45, 7) is 4.46. The molecule has 0 heterocycles. The molecule has 1 aromatic carbocycles. The standard InChI is InChI=1S/C13H19ClFNO/c1-10(9-16-5-6-17-2)7-11-3-4-12(14)8-13(11)15/h3-4,8,10,16H,5-7,9H2,1-2H3. The van der Waals surface area contributed by atoms with Gasteiger partial charge in [-0.2, -0.15) is 0 Å². The molecule has 1 aromatic rings. The monoisotopic (exact) mass is 259 g/mol. The fourth-order valence-electron chi connectivity index (χ4n) is 1.66. The fourth-order valence-corrected chi connectivity index (χ4v) is 1.82. The summed E-state index contributed by atoms with van der Waals surface area (Å²) in [5.74, 6) is 0.156. The first-order valence-electron chi connectivity index (χ1n) is 5.77. The van der Waals surface area contributed by atoms with Gasteiger partial charge in [0.25, 0.3) is 0 Å². The van der Waals surface area contributed by atoms with Gasteiger partial charge in [0.15, 0.2) is 0 Å². The Kier molecular flexibility index (Phi) is 6.48. The smallest absolute Gasteiger partial charge is 0.127 e. The number of rotatable bonds is 7. The molecule has 0 aromatic heterocycles. The first-order chi connectivity index (χ1) is 8.13. The second-order valence-corrected chi connectivity index (χ2v) is 4.68. The molecule has 0 spiro atoms. The minimum atomic E-state index is -0.221. The van der Waals surface area contributed by atoms with Crippen LogP contribution >= 0.6 is 11.6 Å². The van der Waals surface area contributed by atoms with Gasteiger partial charge in [-0.05, 0) is 36.6 Å². The molecular weight excluding hydrogens is 241 g/mol. The maximum absolute atomic E-state index is 13.5. The Morgan fingerprint density at radius 3 is 2.88 bits per heavy atom. The number of hydrogen-bond acceptors (Lipinski definition) is 2. The van der Waals surface area contributed by atoms with Crippen LogP contribution in [0.1, 0.15) is 12.5 Å². The van der Waals surface area contributed by atoms with Crippen LogP contribution in [0.2, 0.25) is 5.02 Å². The van der Waals surface area contributed by atoms with E-state index in [1.807, 2.05) is 0 Å². The quantitative estimate of drug-likeness (QED) is 0.761. The van der Waals surface area contributed by atoms with Crippen LogP contribution in [0.5, 0.6) is 0 Å². The predicted octanol–water partition coefficient (Wildman–Crippen LogP) is 2.89. The molecule has 0 aliphatic heterocycles. The van der Waals surface area contributed by atoms with Crippen LogP contribution in [0.25, 0.3) is 0 Å². The van der Waals surface area contributed by atoms with Gasteiger partial charge in [-0.1, -0.05) is 24.6 Å². The lowest BCUT2D eigenvalue weighted by molar-refractivity contribution is 0.198. The molecule has 2 nitrogen and oxygen atoms in total. The average molecular weight is 260 g/mol. The normalized spacial score (nSPS) is 12.7. The summed E-state index contributed by atoms with van der Waals surface area (Å²) in [4.78, 5) is 0. The van der Waals surface area contributed by atoms with E-state index >= 15 is 0 Å². The summed E-state index contributed by atoms with van der Waals surface area (Å²) in [7, 11) is 1.67. The molecule has 1 N–H and O–H groups in total. The van der Waals surface area contributed by atoms with Gasteiger partial charge in [-0.25, -0.2) is 4.39 Å². The number of nitrogens with one attached hydrogen (secondary N) is 1. The maximum Gasteiger partial charge on any atom is 0.127 e. The molecule has 1 rings (SSSR count). The highest BCUT2D eigenvalue weighted by molar-refractivity contribution is 6.30. The highest BCUT2D eigenvalue weighted by Gasteiger charge is 2.08. The summed E-state index contributed by atoms with van der Waals surface area (Å²) >= 11 is 5.71. The molecule has 0 aliphatic rings. The molecule has 96 valence electrons. The van der Waals surface area contributed by atoms with Crippen molar-refractivity contribution >= 4 is 11.6 Å². The van der Waals surface area contributed by atoms with E-state index in [2.05, 4.69) is 12.2 Å². The van der Waals surface area contributed by atoms with Gasteiger partial charge in [-0.15, -0.1) is 0 Å². The molecule has 4 heteroatoms. The minimum Gasteiger partial charge on any atom is -0.383 e. The minimum absolute atomic E-state index is 0.221. The van der Waals surface area contributed by atoms with Crippen molar-refractivity contribution in [2.75, 3.05) is 26.8 Å². The lowest BCUT2D eigenvalue weighted by atomic mass is 10.0. The van der Waals surface area contributed by atoms with Crippen molar-refractivity contribution < 1.29 is 9.13 Å². The maximum atomic E-state index is 13.5. The predicted molar refractivity (Wildman–Crippen MR) is 69.0 cm³/mol. The lowest BCUT2D eigenvalue weighted by Crippen LogP contribution is -2.25. The summed E-state index contributed by atoms with van der Waals surface area (Å²) in [6.07, 6.45) is 0.711. The lowest BCUT2D eigenvalue weighted by Gasteiger charge is -2.13. The molecule has 17 heavy (non-hydrogen) atoms. The largest absolute Gasteiger partial charge is 0.383 e. The molecule has 0 radical (unpaired) electrons. The SMILES string of the molecule is COCCNCC(C)Cc1ccc(Cl)cc1F. The molecule has 0 fully saturated rings. The van der Waals surface area contributed by atoms with Gasteiger partial charge in [0.2, 0.25) is 0 Å². The third-order valence-corrected chi connectivity index (χ3v) is 2.79. The molecule has 0 amide bonds. The zero-order chi connectivity index (χ0) is 12.7. The van der Waals surface area contributed by atoms with Gasteiger partial charge in [0.1, 0.15) is 5.82 Å². The molecular formula is C13H19ClFNO. The number of benzene rings is 1. The highest BCUT2D eigenvalue weighted by atomic mass is 35.5. The number of ether oxygens (including phenoxy) is 1. The summed E-state index contributed by atoms with van der Waals surface area (Å²) in [5, 5.41) is 3.71. The van der Waals surface area contributed by atoms with Gasteiger partial charge >= 0.3 is 0 Å². The Labute approximate surface area is 107 Å². The summed E-state index contributed by atoms with van der Waals surface area (Å²) in [6, 6.07) is 4.84. The Balaban J connectivity index is 2.37. The van der Waals surface area contributed by atoms with E-state index in [9.17, 15) is 4.39 Å². The topological polar surface area (TPSA) is 21.3 Å². The third-order valence-electron chi connectivity index (χ3n) is 2.56. The van der Waals surface area contributed by atoms with E-state index in [1.54, 1.807) is 19.2 Å². The van der Waals surface area contributed by atoms with Gasteiger partial charge in [-0.3, -0.25) is 0 Å². The van der Waals surface area contributed by atoms with E-state index in [4.69, 9.17) is 16.3 Å². The molecule has 0 saturated heterocycles. The van der Waals surface area contributed by atoms with E-state index < -0.39 is 0 Å². The van der Waals surface area contributed by atoms with Crippen molar-refractivity contribution in [1.82, 2.24) is 5.32 Å². The van der Waals surface area contributed by atoms with Crippen LogP contribution in [-0.4, -0.2) is 26.8 Å². The fraction of sp³-hybridized carbons (Fsp3) is 0.538. The van der Waals surface area contributed by atoms with Crippen LogP contribution in [0.4, 0.5) is 4.39 Å². The van der Waals surface area contributed by atoms with Gasteiger partial charge in [0.05, 0.1) is 6.61 Å². The molecule has 0 bridgehead atoms. The van der Waals surface area contributed by atoms with Crippen molar-refractivity contribution in [1.29, 1.82) is 0 Å². The van der Waals surface area contributed by atoms with Crippen molar-refractivity contribution in [3.63, 3.8) is 0 Å². The van der Waals surface area contributed by atoms with E-state index in [0.29, 0.717) is 24.0 Å². The first-order valence-corrected chi connectivity index (χ1v) is 6.15. The van der Waals surface area contributed by atoms with Crippen LogP contribution < -0.4 is 5.32 Å². The average Bonchev–Trinajstić information content (AvgIpc) is 2.28. The molecule has 1 atom stereocenters. The van der Waals surface area contributed by atoms with Crippen molar-refractivity contribution in [2.24, 2.45) is 5.92 Å². The van der Waals surface area contributed by atoms with E-state index in [0.717, 1.165) is 18.7 Å². The van der Waals surface area contributed by atoms with Gasteiger partial charge in [0, 0.05) is 18.7 Å². The van der Waals surface area contributed by atoms with Gasteiger partial charge < -0.3 is 10.1 Å². The molecule has 1 unspecified atom stereocenters. The zero-order valence-corrected chi connectivity index (χ0v) is 11.1. The molecule has 0 aliphatic carbocycles. The molecule has 0 saturated carbocycles. The van der Waals surface area contributed by atoms with Crippen LogP contribution in [0.15, 0.2) is 18.2 Å².